The molecule has 0 radical (unpaired) electrons. The first-order chi connectivity index (χ1) is 9.61. The monoisotopic (exact) mass is 290 g/mol. The van der Waals surface area contributed by atoms with Crippen LogP contribution in [0.5, 0.6) is 0 Å². The van der Waals surface area contributed by atoms with E-state index in [0.29, 0.717) is 18.0 Å². The van der Waals surface area contributed by atoms with Crippen molar-refractivity contribution in [3.8, 4) is 0 Å². The molecule has 106 valence electrons. The summed E-state index contributed by atoms with van der Waals surface area (Å²) in [5.41, 5.74) is 3.05. The average molecular weight is 290 g/mol. The second-order valence-electron chi connectivity index (χ2n) is 4.56. The van der Waals surface area contributed by atoms with Crippen molar-refractivity contribution in [1.29, 1.82) is 0 Å². The zero-order valence-electron chi connectivity index (χ0n) is 11.9. The number of aromatic nitrogens is 1. The molecule has 5 heteroatoms. The number of nitrogens with zero attached hydrogens (tertiary/aromatic N) is 1. The molecule has 2 aromatic rings. The number of benzene rings is 1. The second-order valence-corrected chi connectivity index (χ2v) is 5.65. The molecule has 1 N–H and O–H groups in total. The molecule has 0 aliphatic carbocycles. The van der Waals surface area contributed by atoms with E-state index < -0.39 is 0 Å². The van der Waals surface area contributed by atoms with Crippen LogP contribution in [0.3, 0.4) is 0 Å². The first-order valence-electron chi connectivity index (χ1n) is 6.39. The van der Waals surface area contributed by atoms with Crippen LogP contribution < -0.4 is 5.32 Å². The van der Waals surface area contributed by atoms with Crippen molar-refractivity contribution in [2.75, 3.05) is 7.11 Å². The topological polar surface area (TPSA) is 51.2 Å². The Kier molecular flexibility index (Phi) is 4.87. The highest BCUT2D eigenvalue weighted by Gasteiger charge is 2.15. The Hall–Kier alpha value is -1.72. The number of carbonyl (C=O) groups excluding carboxylic acids is 1. The van der Waals surface area contributed by atoms with Gasteiger partial charge in [0.2, 0.25) is 0 Å². The Morgan fingerprint density at radius 3 is 2.80 bits per heavy atom. The molecule has 2 rings (SSSR count). The maximum Gasteiger partial charge on any atom is 0.263 e. The molecule has 1 amide bonds. The number of aryl methyl sites for hydroxylation is 2. The SMILES string of the molecule is COCc1nc(C)c(C(=O)NCc2ccccc2C)s1. The molecular formula is C15H18N2O2S. The predicted molar refractivity (Wildman–Crippen MR) is 79.9 cm³/mol. The summed E-state index contributed by atoms with van der Waals surface area (Å²) in [6.07, 6.45) is 0. The van der Waals surface area contributed by atoms with Crippen LogP contribution in [-0.2, 0) is 17.9 Å². The van der Waals surface area contributed by atoms with E-state index >= 15 is 0 Å². The minimum atomic E-state index is -0.0781. The summed E-state index contributed by atoms with van der Waals surface area (Å²) in [6.45, 7) is 4.85. The predicted octanol–water partition coefficient (Wildman–Crippen LogP) is 2.84. The van der Waals surface area contributed by atoms with Gasteiger partial charge in [-0.1, -0.05) is 24.3 Å². The van der Waals surface area contributed by atoms with Gasteiger partial charge in [-0.05, 0) is 25.0 Å². The van der Waals surface area contributed by atoms with E-state index in [2.05, 4.69) is 10.3 Å². The zero-order chi connectivity index (χ0) is 14.5. The van der Waals surface area contributed by atoms with Crippen molar-refractivity contribution in [3.63, 3.8) is 0 Å². The van der Waals surface area contributed by atoms with Crippen molar-refractivity contribution >= 4 is 17.2 Å². The Labute approximate surface area is 122 Å². The van der Waals surface area contributed by atoms with Gasteiger partial charge in [-0.2, -0.15) is 0 Å². The molecule has 1 aromatic heterocycles. The van der Waals surface area contributed by atoms with Crippen LogP contribution in [0.1, 0.15) is 31.5 Å². The number of rotatable bonds is 5. The number of thiazole rings is 1. The van der Waals surface area contributed by atoms with Crippen LogP contribution >= 0.6 is 11.3 Å². The molecule has 0 saturated heterocycles. The fraction of sp³-hybridized carbons (Fsp3) is 0.333. The molecule has 0 fully saturated rings. The number of nitrogens with one attached hydrogen (secondary N) is 1. The van der Waals surface area contributed by atoms with E-state index in [0.717, 1.165) is 16.3 Å². The highest BCUT2D eigenvalue weighted by molar-refractivity contribution is 7.13. The molecule has 4 nitrogen and oxygen atoms in total. The van der Waals surface area contributed by atoms with E-state index in [-0.39, 0.29) is 5.91 Å². The third-order valence-electron chi connectivity index (χ3n) is 3.02. The Morgan fingerprint density at radius 1 is 1.35 bits per heavy atom. The van der Waals surface area contributed by atoms with Gasteiger partial charge >= 0.3 is 0 Å². The number of ether oxygens (including phenoxy) is 1. The summed E-state index contributed by atoms with van der Waals surface area (Å²) in [7, 11) is 1.62. The number of carbonyl (C=O) groups is 1. The van der Waals surface area contributed by atoms with E-state index in [1.54, 1.807) is 7.11 Å². The van der Waals surface area contributed by atoms with E-state index in [4.69, 9.17) is 4.74 Å². The standard InChI is InChI=1S/C15H18N2O2S/c1-10-6-4-5-7-12(10)8-16-15(18)14-11(2)17-13(20-14)9-19-3/h4-7H,8-9H2,1-3H3,(H,16,18). The normalized spacial score (nSPS) is 10.6. The van der Waals surface area contributed by atoms with Crippen LogP contribution in [0.15, 0.2) is 24.3 Å². The van der Waals surface area contributed by atoms with Crippen molar-refractivity contribution in [1.82, 2.24) is 10.3 Å². The molecule has 0 saturated carbocycles. The fourth-order valence-corrected chi connectivity index (χ4v) is 2.87. The summed E-state index contributed by atoms with van der Waals surface area (Å²) >= 11 is 1.38. The van der Waals surface area contributed by atoms with Crippen molar-refractivity contribution in [3.05, 3.63) is 51.0 Å². The lowest BCUT2D eigenvalue weighted by molar-refractivity contribution is 0.0954. The van der Waals surface area contributed by atoms with Crippen LogP contribution in [0, 0.1) is 13.8 Å². The third-order valence-corrected chi connectivity index (χ3v) is 4.15. The van der Waals surface area contributed by atoms with E-state index in [1.807, 2.05) is 38.1 Å². The van der Waals surface area contributed by atoms with Gasteiger partial charge < -0.3 is 10.1 Å². The van der Waals surface area contributed by atoms with Gasteiger partial charge in [-0.25, -0.2) is 4.98 Å². The average Bonchev–Trinajstić information content (AvgIpc) is 2.79. The van der Waals surface area contributed by atoms with Crippen LogP contribution in [0.25, 0.3) is 0 Å². The third kappa shape index (κ3) is 3.43. The lowest BCUT2D eigenvalue weighted by Crippen LogP contribution is -2.22. The Balaban J connectivity index is 2.03. The van der Waals surface area contributed by atoms with Crippen LogP contribution in [0.2, 0.25) is 0 Å². The number of hydrogen-bond donors (Lipinski definition) is 1. The first kappa shape index (κ1) is 14.7. The molecule has 0 atom stereocenters. The van der Waals surface area contributed by atoms with E-state index in [1.165, 1.54) is 16.9 Å². The summed E-state index contributed by atoms with van der Waals surface area (Å²) in [5, 5.41) is 3.77. The molecule has 0 aliphatic heterocycles. The molecule has 0 spiro atoms. The lowest BCUT2D eigenvalue weighted by Gasteiger charge is -2.07. The van der Waals surface area contributed by atoms with Gasteiger partial charge in [0, 0.05) is 13.7 Å². The lowest BCUT2D eigenvalue weighted by atomic mass is 10.1. The highest BCUT2D eigenvalue weighted by atomic mass is 32.1. The summed E-state index contributed by atoms with van der Waals surface area (Å²) < 4.78 is 5.04. The Morgan fingerprint density at radius 2 is 2.10 bits per heavy atom. The summed E-state index contributed by atoms with van der Waals surface area (Å²) in [4.78, 5) is 17.2. The van der Waals surface area contributed by atoms with Crippen molar-refractivity contribution in [2.24, 2.45) is 0 Å². The van der Waals surface area contributed by atoms with Crippen molar-refractivity contribution < 1.29 is 9.53 Å². The molecule has 1 heterocycles. The molecular weight excluding hydrogens is 272 g/mol. The minimum absolute atomic E-state index is 0.0781. The van der Waals surface area contributed by atoms with Crippen LogP contribution in [-0.4, -0.2) is 18.0 Å². The molecule has 0 unspecified atom stereocenters. The van der Waals surface area contributed by atoms with Gasteiger partial charge in [0.05, 0.1) is 12.3 Å². The largest absolute Gasteiger partial charge is 0.378 e. The van der Waals surface area contributed by atoms with Gasteiger partial charge in [0.15, 0.2) is 0 Å². The van der Waals surface area contributed by atoms with Gasteiger partial charge in [-0.15, -0.1) is 11.3 Å². The molecule has 0 aliphatic rings. The van der Waals surface area contributed by atoms with E-state index in [9.17, 15) is 4.79 Å². The highest BCUT2D eigenvalue weighted by Crippen LogP contribution is 2.18. The van der Waals surface area contributed by atoms with Crippen molar-refractivity contribution in [2.45, 2.75) is 27.0 Å². The summed E-state index contributed by atoms with van der Waals surface area (Å²) in [5.74, 6) is -0.0781. The molecule has 0 bridgehead atoms. The van der Waals surface area contributed by atoms with Gasteiger partial charge in [0.1, 0.15) is 9.88 Å². The molecule has 1 aromatic carbocycles. The zero-order valence-corrected chi connectivity index (χ0v) is 12.7. The first-order valence-corrected chi connectivity index (χ1v) is 7.21. The minimum Gasteiger partial charge on any atom is -0.378 e. The number of amides is 1. The summed E-state index contributed by atoms with van der Waals surface area (Å²) in [6, 6.07) is 8.02. The Bertz CT molecular complexity index is 608. The number of hydrogen-bond acceptors (Lipinski definition) is 4. The number of methoxy groups -OCH3 is 1. The van der Waals surface area contributed by atoms with Crippen LogP contribution in [0.4, 0.5) is 0 Å². The fourth-order valence-electron chi connectivity index (χ4n) is 1.91. The maximum atomic E-state index is 12.2. The van der Waals surface area contributed by atoms with Gasteiger partial charge in [0.25, 0.3) is 5.91 Å². The second kappa shape index (κ2) is 6.63. The maximum absolute atomic E-state index is 12.2. The molecule has 20 heavy (non-hydrogen) atoms. The smallest absolute Gasteiger partial charge is 0.263 e. The van der Waals surface area contributed by atoms with Gasteiger partial charge in [-0.3, -0.25) is 4.79 Å². The quantitative estimate of drug-likeness (QED) is 0.921.